The van der Waals surface area contributed by atoms with Gasteiger partial charge in [0.05, 0.1) is 6.54 Å². The fourth-order valence-electron chi connectivity index (χ4n) is 2.85. The van der Waals surface area contributed by atoms with Crippen molar-refractivity contribution in [2.45, 2.75) is 18.9 Å². The van der Waals surface area contributed by atoms with Gasteiger partial charge in [-0.25, -0.2) is 4.79 Å². The molecule has 0 aromatic heterocycles. The van der Waals surface area contributed by atoms with Crippen molar-refractivity contribution in [2.24, 2.45) is 5.92 Å². The number of aliphatic hydroxyl groups excluding tert-OH is 1. The minimum atomic E-state index is -0.0551. The van der Waals surface area contributed by atoms with Crippen molar-refractivity contribution in [3.63, 3.8) is 0 Å². The van der Waals surface area contributed by atoms with Crippen LogP contribution in [0.25, 0.3) is 0 Å². The molecule has 108 valence electrons. The van der Waals surface area contributed by atoms with E-state index in [9.17, 15) is 4.79 Å². The van der Waals surface area contributed by atoms with Crippen LogP contribution < -0.4 is 10.1 Å². The lowest BCUT2D eigenvalue weighted by Gasteiger charge is -2.19. The number of fused-ring (bicyclic) bond motifs is 1. The van der Waals surface area contributed by atoms with E-state index in [0.29, 0.717) is 13.1 Å². The van der Waals surface area contributed by atoms with E-state index in [1.165, 1.54) is 5.56 Å². The van der Waals surface area contributed by atoms with E-state index >= 15 is 0 Å². The van der Waals surface area contributed by atoms with Crippen LogP contribution in [0.5, 0.6) is 5.75 Å². The maximum Gasteiger partial charge on any atom is 0.317 e. The number of likely N-dealkylation sites (tertiary alicyclic amines) is 1. The van der Waals surface area contributed by atoms with Gasteiger partial charge in [0, 0.05) is 32.0 Å². The normalized spacial score (nSPS) is 24.4. The molecule has 2 aliphatic rings. The summed E-state index contributed by atoms with van der Waals surface area (Å²) in [6.07, 6.45) is 1.75. The summed E-state index contributed by atoms with van der Waals surface area (Å²) >= 11 is 0. The maximum absolute atomic E-state index is 12.0. The Morgan fingerprint density at radius 2 is 2.30 bits per heavy atom. The Morgan fingerprint density at radius 1 is 1.45 bits per heavy atom. The zero-order valence-electron chi connectivity index (χ0n) is 11.4. The standard InChI is InChI=1S/C15H20N2O3/c18-10-11-5-6-17(9-11)15(19)16-8-13-7-12-3-1-2-4-14(12)20-13/h1-4,11,13,18H,5-10H2,(H,16,19). The van der Waals surface area contributed by atoms with Crippen LogP contribution in [0.15, 0.2) is 24.3 Å². The van der Waals surface area contributed by atoms with Gasteiger partial charge >= 0.3 is 6.03 Å². The molecule has 0 radical (unpaired) electrons. The van der Waals surface area contributed by atoms with E-state index in [2.05, 4.69) is 11.4 Å². The minimum absolute atomic E-state index is 0.0209. The second kappa shape index (κ2) is 5.71. The van der Waals surface area contributed by atoms with Gasteiger partial charge in [0.25, 0.3) is 0 Å². The number of ether oxygens (including phenoxy) is 1. The first-order chi connectivity index (χ1) is 9.76. The lowest BCUT2D eigenvalue weighted by Crippen LogP contribution is -2.42. The van der Waals surface area contributed by atoms with E-state index < -0.39 is 0 Å². The molecular weight excluding hydrogens is 256 g/mol. The first kappa shape index (κ1) is 13.2. The number of benzene rings is 1. The number of para-hydroxylation sites is 1. The van der Waals surface area contributed by atoms with E-state index in [1.807, 2.05) is 18.2 Å². The highest BCUT2D eigenvalue weighted by Crippen LogP contribution is 2.27. The summed E-state index contributed by atoms with van der Waals surface area (Å²) in [6.45, 7) is 2.05. The van der Waals surface area contributed by atoms with Gasteiger partial charge in [-0.1, -0.05) is 18.2 Å². The molecule has 5 nitrogen and oxygen atoms in total. The van der Waals surface area contributed by atoms with Crippen LogP contribution in [0.3, 0.4) is 0 Å². The smallest absolute Gasteiger partial charge is 0.317 e. The van der Waals surface area contributed by atoms with Crippen LogP contribution in [0, 0.1) is 5.92 Å². The van der Waals surface area contributed by atoms with E-state index in [0.717, 1.165) is 25.1 Å². The first-order valence-electron chi connectivity index (χ1n) is 7.14. The van der Waals surface area contributed by atoms with Gasteiger partial charge in [0.2, 0.25) is 0 Å². The number of nitrogens with zero attached hydrogens (tertiary/aromatic N) is 1. The Morgan fingerprint density at radius 3 is 3.05 bits per heavy atom. The highest BCUT2D eigenvalue weighted by molar-refractivity contribution is 5.74. The summed E-state index contributed by atoms with van der Waals surface area (Å²) in [5.74, 6) is 1.15. The number of hydrogen-bond acceptors (Lipinski definition) is 3. The zero-order valence-corrected chi connectivity index (χ0v) is 11.4. The highest BCUT2D eigenvalue weighted by atomic mass is 16.5. The summed E-state index contributed by atoms with van der Waals surface area (Å²) in [6, 6.07) is 7.93. The molecule has 2 N–H and O–H groups in total. The number of urea groups is 1. The lowest BCUT2D eigenvalue weighted by molar-refractivity contribution is 0.186. The number of hydrogen-bond donors (Lipinski definition) is 2. The number of amides is 2. The number of carbonyl (C=O) groups excluding carboxylic acids is 1. The van der Waals surface area contributed by atoms with Gasteiger partial charge in [-0.05, 0) is 18.1 Å². The number of rotatable bonds is 3. The summed E-state index contributed by atoms with van der Waals surface area (Å²) in [5, 5.41) is 12.0. The highest BCUT2D eigenvalue weighted by Gasteiger charge is 2.27. The molecule has 2 heterocycles. The van der Waals surface area contributed by atoms with Crippen LogP contribution in [-0.4, -0.2) is 48.4 Å². The Balaban J connectivity index is 1.46. The molecule has 20 heavy (non-hydrogen) atoms. The topological polar surface area (TPSA) is 61.8 Å². The van der Waals surface area contributed by atoms with Gasteiger partial charge in [-0.3, -0.25) is 0 Å². The molecule has 2 amide bonds. The molecule has 5 heteroatoms. The number of aliphatic hydroxyl groups is 1. The SMILES string of the molecule is O=C(NCC1Cc2ccccc2O1)N1CCC(CO)C1. The van der Waals surface area contributed by atoms with Crippen LogP contribution in [0.1, 0.15) is 12.0 Å². The third-order valence-corrected chi connectivity index (χ3v) is 4.03. The minimum Gasteiger partial charge on any atom is -0.488 e. The van der Waals surface area contributed by atoms with Crippen molar-refractivity contribution in [1.29, 1.82) is 0 Å². The number of carbonyl (C=O) groups is 1. The molecule has 2 unspecified atom stereocenters. The Kier molecular flexibility index (Phi) is 3.78. The van der Waals surface area contributed by atoms with Crippen LogP contribution in [0.4, 0.5) is 4.79 Å². The van der Waals surface area contributed by atoms with Crippen molar-refractivity contribution in [3.8, 4) is 5.75 Å². The summed E-state index contributed by atoms with van der Waals surface area (Å²) < 4.78 is 5.79. The van der Waals surface area contributed by atoms with Crippen molar-refractivity contribution in [1.82, 2.24) is 10.2 Å². The molecule has 1 aromatic rings. The van der Waals surface area contributed by atoms with Gasteiger partial charge < -0.3 is 20.1 Å². The van der Waals surface area contributed by atoms with Crippen molar-refractivity contribution in [3.05, 3.63) is 29.8 Å². The first-order valence-corrected chi connectivity index (χ1v) is 7.14. The molecule has 1 saturated heterocycles. The van der Waals surface area contributed by atoms with E-state index in [-0.39, 0.29) is 24.7 Å². The molecule has 2 aliphatic heterocycles. The fraction of sp³-hybridized carbons (Fsp3) is 0.533. The average molecular weight is 276 g/mol. The lowest BCUT2D eigenvalue weighted by atomic mass is 10.1. The Bertz CT molecular complexity index is 467. The van der Waals surface area contributed by atoms with Crippen molar-refractivity contribution < 1.29 is 14.6 Å². The van der Waals surface area contributed by atoms with Crippen LogP contribution in [0.2, 0.25) is 0 Å². The number of nitrogens with one attached hydrogen (secondary N) is 1. The predicted octanol–water partition coefficient (Wildman–Crippen LogP) is 1.01. The van der Waals surface area contributed by atoms with Gasteiger partial charge in [-0.2, -0.15) is 0 Å². The molecule has 1 aromatic carbocycles. The molecule has 0 aliphatic carbocycles. The molecule has 2 atom stereocenters. The van der Waals surface area contributed by atoms with E-state index in [1.54, 1.807) is 4.90 Å². The van der Waals surface area contributed by atoms with Crippen molar-refractivity contribution >= 4 is 6.03 Å². The molecule has 0 bridgehead atoms. The third-order valence-electron chi connectivity index (χ3n) is 4.03. The van der Waals surface area contributed by atoms with Gasteiger partial charge in [0.15, 0.2) is 0 Å². The molecule has 3 rings (SSSR count). The molecule has 1 fully saturated rings. The molecule has 0 spiro atoms. The Hall–Kier alpha value is -1.75. The Labute approximate surface area is 118 Å². The van der Waals surface area contributed by atoms with Gasteiger partial charge in [0.1, 0.15) is 11.9 Å². The van der Waals surface area contributed by atoms with Crippen LogP contribution >= 0.6 is 0 Å². The third kappa shape index (κ3) is 2.72. The van der Waals surface area contributed by atoms with Crippen LogP contribution in [-0.2, 0) is 6.42 Å². The quantitative estimate of drug-likeness (QED) is 0.866. The van der Waals surface area contributed by atoms with Gasteiger partial charge in [-0.15, -0.1) is 0 Å². The predicted molar refractivity (Wildman–Crippen MR) is 74.7 cm³/mol. The largest absolute Gasteiger partial charge is 0.488 e. The molecular formula is C15H20N2O3. The summed E-state index contributed by atoms with van der Waals surface area (Å²) in [4.78, 5) is 13.8. The summed E-state index contributed by atoms with van der Waals surface area (Å²) in [7, 11) is 0. The monoisotopic (exact) mass is 276 g/mol. The second-order valence-electron chi connectivity index (χ2n) is 5.52. The maximum atomic E-state index is 12.0. The van der Waals surface area contributed by atoms with E-state index in [4.69, 9.17) is 9.84 Å². The van der Waals surface area contributed by atoms with Crippen molar-refractivity contribution in [2.75, 3.05) is 26.2 Å². The second-order valence-corrected chi connectivity index (χ2v) is 5.52. The average Bonchev–Trinajstić information content (AvgIpc) is 3.10. The molecule has 0 saturated carbocycles. The fourth-order valence-corrected chi connectivity index (χ4v) is 2.85. The summed E-state index contributed by atoms with van der Waals surface area (Å²) in [5.41, 5.74) is 1.20. The zero-order chi connectivity index (χ0) is 13.9.